The van der Waals surface area contributed by atoms with E-state index in [0.717, 1.165) is 35.3 Å². The lowest BCUT2D eigenvalue weighted by Crippen LogP contribution is -2.26. The second-order valence-corrected chi connectivity index (χ2v) is 5.31. The summed E-state index contributed by atoms with van der Waals surface area (Å²) in [5, 5.41) is 2.89. The van der Waals surface area contributed by atoms with E-state index in [4.69, 9.17) is 9.15 Å². The Morgan fingerprint density at radius 3 is 2.90 bits per heavy atom. The smallest absolute Gasteiger partial charge is 0.253 e. The molecule has 0 aliphatic carbocycles. The SMILES string of the molecule is Cc1coc(-c2cc(NC(=O)[C@H]3CCCO3)ccc2C)n1. The van der Waals surface area contributed by atoms with Crippen molar-refractivity contribution in [3.8, 4) is 11.5 Å². The summed E-state index contributed by atoms with van der Waals surface area (Å²) in [4.78, 5) is 16.4. The van der Waals surface area contributed by atoms with Crippen LogP contribution < -0.4 is 5.32 Å². The van der Waals surface area contributed by atoms with E-state index < -0.39 is 0 Å². The van der Waals surface area contributed by atoms with Gasteiger partial charge in [-0.1, -0.05) is 6.07 Å². The van der Waals surface area contributed by atoms with Crippen molar-refractivity contribution in [2.45, 2.75) is 32.8 Å². The number of oxazole rings is 1. The third kappa shape index (κ3) is 2.97. The van der Waals surface area contributed by atoms with Crippen molar-refractivity contribution in [1.82, 2.24) is 4.98 Å². The van der Waals surface area contributed by atoms with Gasteiger partial charge in [-0.3, -0.25) is 4.79 Å². The highest BCUT2D eigenvalue weighted by Gasteiger charge is 2.23. The molecule has 1 aliphatic heterocycles. The summed E-state index contributed by atoms with van der Waals surface area (Å²) in [7, 11) is 0. The van der Waals surface area contributed by atoms with E-state index in [1.165, 1.54) is 0 Å². The fourth-order valence-electron chi connectivity index (χ4n) is 2.42. The normalized spacial score (nSPS) is 17.9. The lowest BCUT2D eigenvalue weighted by atomic mass is 10.1. The highest BCUT2D eigenvalue weighted by Crippen LogP contribution is 2.26. The number of nitrogens with one attached hydrogen (secondary N) is 1. The first-order valence-corrected chi connectivity index (χ1v) is 7.09. The summed E-state index contributed by atoms with van der Waals surface area (Å²) in [6.45, 7) is 4.53. The van der Waals surface area contributed by atoms with Crippen LogP contribution in [0, 0.1) is 13.8 Å². The van der Waals surface area contributed by atoms with E-state index >= 15 is 0 Å². The molecule has 1 aromatic heterocycles. The van der Waals surface area contributed by atoms with Gasteiger partial charge in [-0.05, 0) is 44.4 Å². The molecule has 2 aromatic rings. The highest BCUT2D eigenvalue weighted by molar-refractivity contribution is 5.94. The number of anilines is 1. The predicted molar refractivity (Wildman–Crippen MR) is 79.0 cm³/mol. The lowest BCUT2D eigenvalue weighted by molar-refractivity contribution is -0.124. The van der Waals surface area contributed by atoms with Gasteiger partial charge in [0.1, 0.15) is 12.4 Å². The van der Waals surface area contributed by atoms with Crippen LogP contribution in [0.1, 0.15) is 24.1 Å². The Balaban J connectivity index is 1.82. The number of aromatic nitrogens is 1. The van der Waals surface area contributed by atoms with Crippen molar-refractivity contribution >= 4 is 11.6 Å². The molecule has 0 bridgehead atoms. The number of rotatable bonds is 3. The molecule has 5 heteroatoms. The number of carbonyl (C=O) groups excluding carboxylic acids is 1. The van der Waals surface area contributed by atoms with Gasteiger partial charge in [0.05, 0.1) is 5.69 Å². The number of nitrogens with zero attached hydrogens (tertiary/aromatic N) is 1. The molecule has 0 saturated carbocycles. The zero-order valence-corrected chi connectivity index (χ0v) is 12.2. The third-order valence-electron chi connectivity index (χ3n) is 3.58. The van der Waals surface area contributed by atoms with Crippen molar-refractivity contribution in [3.63, 3.8) is 0 Å². The van der Waals surface area contributed by atoms with Gasteiger partial charge in [0.2, 0.25) is 5.89 Å². The van der Waals surface area contributed by atoms with E-state index in [-0.39, 0.29) is 12.0 Å². The van der Waals surface area contributed by atoms with Crippen LogP contribution in [-0.4, -0.2) is 23.6 Å². The summed E-state index contributed by atoms with van der Waals surface area (Å²) in [5.41, 5.74) is 3.49. The summed E-state index contributed by atoms with van der Waals surface area (Å²) >= 11 is 0. The van der Waals surface area contributed by atoms with E-state index in [0.29, 0.717) is 12.5 Å². The van der Waals surface area contributed by atoms with Crippen LogP contribution in [0.15, 0.2) is 28.9 Å². The fraction of sp³-hybridized carbons (Fsp3) is 0.375. The molecule has 1 aromatic carbocycles. The van der Waals surface area contributed by atoms with Gasteiger partial charge in [0, 0.05) is 17.9 Å². The molecule has 1 N–H and O–H groups in total. The van der Waals surface area contributed by atoms with Crippen LogP contribution in [0.5, 0.6) is 0 Å². The number of amides is 1. The minimum Gasteiger partial charge on any atom is -0.444 e. The molecule has 1 atom stereocenters. The maximum atomic E-state index is 12.1. The maximum absolute atomic E-state index is 12.1. The van der Waals surface area contributed by atoms with Gasteiger partial charge in [-0.15, -0.1) is 0 Å². The minimum absolute atomic E-state index is 0.0918. The van der Waals surface area contributed by atoms with Gasteiger partial charge >= 0.3 is 0 Å². The zero-order chi connectivity index (χ0) is 14.8. The average molecular weight is 286 g/mol. The van der Waals surface area contributed by atoms with Crippen LogP contribution in [0.2, 0.25) is 0 Å². The maximum Gasteiger partial charge on any atom is 0.253 e. The second-order valence-electron chi connectivity index (χ2n) is 5.31. The monoisotopic (exact) mass is 286 g/mol. The number of ether oxygens (including phenoxy) is 1. The number of hydrogen-bond donors (Lipinski definition) is 1. The first-order valence-electron chi connectivity index (χ1n) is 7.09. The summed E-state index contributed by atoms with van der Waals surface area (Å²) < 4.78 is 10.8. The molecular formula is C16H18N2O3. The van der Waals surface area contributed by atoms with E-state index in [9.17, 15) is 4.79 Å². The van der Waals surface area contributed by atoms with Crippen molar-refractivity contribution in [2.24, 2.45) is 0 Å². The molecule has 1 amide bonds. The molecule has 1 fully saturated rings. The van der Waals surface area contributed by atoms with Crippen LogP contribution in [0.25, 0.3) is 11.5 Å². The quantitative estimate of drug-likeness (QED) is 0.941. The second kappa shape index (κ2) is 5.69. The Bertz CT molecular complexity index is 657. The molecular weight excluding hydrogens is 268 g/mol. The summed E-state index contributed by atoms with van der Waals surface area (Å²) in [5.74, 6) is 0.476. The standard InChI is InChI=1S/C16H18N2O3/c1-10-5-6-12(18-15(19)14-4-3-7-20-14)8-13(10)16-17-11(2)9-21-16/h5-6,8-9,14H,3-4,7H2,1-2H3,(H,18,19)/t14-/m1/s1. The van der Waals surface area contributed by atoms with Gasteiger partial charge < -0.3 is 14.5 Å². The predicted octanol–water partition coefficient (Wildman–Crippen LogP) is 3.08. The number of hydrogen-bond acceptors (Lipinski definition) is 4. The topological polar surface area (TPSA) is 64.4 Å². The molecule has 110 valence electrons. The van der Waals surface area contributed by atoms with Crippen molar-refractivity contribution in [3.05, 3.63) is 35.7 Å². The van der Waals surface area contributed by atoms with Gasteiger partial charge in [-0.2, -0.15) is 0 Å². The lowest BCUT2D eigenvalue weighted by Gasteiger charge is -2.11. The first kappa shape index (κ1) is 13.8. The van der Waals surface area contributed by atoms with Gasteiger partial charge in [0.15, 0.2) is 0 Å². The van der Waals surface area contributed by atoms with Crippen LogP contribution in [-0.2, 0) is 9.53 Å². The Morgan fingerprint density at radius 2 is 2.24 bits per heavy atom. The Labute approximate surface area is 123 Å². The zero-order valence-electron chi connectivity index (χ0n) is 12.2. The average Bonchev–Trinajstić information content (AvgIpc) is 3.12. The molecule has 5 nitrogen and oxygen atoms in total. The Hall–Kier alpha value is -2.14. The number of benzene rings is 1. The molecule has 1 saturated heterocycles. The minimum atomic E-state index is -0.335. The highest BCUT2D eigenvalue weighted by atomic mass is 16.5. The summed E-state index contributed by atoms with van der Waals surface area (Å²) in [6, 6.07) is 5.70. The largest absolute Gasteiger partial charge is 0.444 e. The van der Waals surface area contributed by atoms with E-state index in [1.54, 1.807) is 6.26 Å². The van der Waals surface area contributed by atoms with Crippen molar-refractivity contribution < 1.29 is 13.9 Å². The molecule has 0 radical (unpaired) electrons. The van der Waals surface area contributed by atoms with Crippen molar-refractivity contribution in [2.75, 3.05) is 11.9 Å². The Morgan fingerprint density at radius 1 is 1.38 bits per heavy atom. The van der Waals surface area contributed by atoms with Crippen LogP contribution in [0.3, 0.4) is 0 Å². The molecule has 1 aliphatic rings. The number of aryl methyl sites for hydroxylation is 2. The molecule has 0 spiro atoms. The van der Waals surface area contributed by atoms with Crippen LogP contribution in [0.4, 0.5) is 5.69 Å². The Kier molecular flexibility index (Phi) is 3.75. The fourth-order valence-corrected chi connectivity index (χ4v) is 2.42. The first-order chi connectivity index (χ1) is 10.1. The molecule has 3 rings (SSSR count). The third-order valence-corrected chi connectivity index (χ3v) is 3.58. The molecule has 0 unspecified atom stereocenters. The van der Waals surface area contributed by atoms with E-state index in [2.05, 4.69) is 10.3 Å². The summed E-state index contributed by atoms with van der Waals surface area (Å²) in [6.07, 6.45) is 3.00. The van der Waals surface area contributed by atoms with Gasteiger partial charge in [0.25, 0.3) is 5.91 Å². The molecule has 21 heavy (non-hydrogen) atoms. The van der Waals surface area contributed by atoms with Crippen LogP contribution >= 0.6 is 0 Å². The molecule has 2 heterocycles. The number of carbonyl (C=O) groups is 1. The van der Waals surface area contributed by atoms with Gasteiger partial charge in [-0.25, -0.2) is 4.98 Å². The van der Waals surface area contributed by atoms with E-state index in [1.807, 2.05) is 32.0 Å². The van der Waals surface area contributed by atoms with Crippen molar-refractivity contribution in [1.29, 1.82) is 0 Å².